The van der Waals surface area contributed by atoms with Gasteiger partial charge in [-0.15, -0.1) is 0 Å². The van der Waals surface area contributed by atoms with Gasteiger partial charge in [0.1, 0.15) is 0 Å². The molecule has 17 heavy (non-hydrogen) atoms. The topological polar surface area (TPSA) is 53.5 Å². The Morgan fingerprint density at radius 2 is 2.29 bits per heavy atom. The molecule has 2 N–H and O–H groups in total. The Morgan fingerprint density at radius 1 is 1.35 bits per heavy atom. The highest BCUT2D eigenvalue weighted by molar-refractivity contribution is 8.14. The Kier molecular flexibility index (Phi) is 2.76. The Hall–Kier alpha value is -1.49. The highest BCUT2D eigenvalue weighted by atomic mass is 32.2. The number of fused-ring (bicyclic) bond motifs is 1. The second kappa shape index (κ2) is 4.41. The third-order valence-corrected chi connectivity index (χ3v) is 3.78. The smallest absolute Gasteiger partial charge is 0.299 e. The number of nitrogens with zero attached hydrogens (tertiary/aromatic N) is 1. The molecule has 0 saturated carbocycles. The molecule has 0 saturated heterocycles. The van der Waals surface area contributed by atoms with Gasteiger partial charge in [0.2, 0.25) is 0 Å². The molecule has 0 unspecified atom stereocenters. The average Bonchev–Trinajstić information content (AvgIpc) is 2.39. The number of anilines is 1. The minimum Gasteiger partial charge on any atom is -0.384 e. The number of carbonyl (C=O) groups excluding carboxylic acids is 1. The quantitative estimate of drug-likeness (QED) is 0.800. The lowest BCUT2D eigenvalue weighted by Gasteiger charge is -2.22. The molecular weight excluding hydrogens is 234 g/mol. The normalized spacial score (nSPS) is 18.8. The average molecular weight is 247 g/mol. The SMILES string of the molecule is O=C1NN=C(c2cccc3c2NCCC3)CS1. The Labute approximate surface area is 104 Å². The lowest BCUT2D eigenvalue weighted by atomic mass is 9.97. The maximum absolute atomic E-state index is 11.1. The van der Waals surface area contributed by atoms with Crippen molar-refractivity contribution in [3.63, 3.8) is 0 Å². The Balaban J connectivity index is 2.00. The fourth-order valence-corrected chi connectivity index (χ4v) is 2.80. The summed E-state index contributed by atoms with van der Waals surface area (Å²) in [6, 6.07) is 6.28. The fraction of sp³-hybridized carbons (Fsp3) is 0.333. The van der Waals surface area contributed by atoms with Gasteiger partial charge in [-0.2, -0.15) is 5.10 Å². The molecule has 0 aromatic heterocycles. The number of hydrazone groups is 1. The molecule has 0 spiro atoms. The molecule has 2 aliphatic heterocycles. The van der Waals surface area contributed by atoms with Crippen LogP contribution < -0.4 is 10.7 Å². The van der Waals surface area contributed by atoms with Crippen molar-refractivity contribution >= 4 is 28.4 Å². The summed E-state index contributed by atoms with van der Waals surface area (Å²) in [5.41, 5.74) is 7.12. The first kappa shape index (κ1) is 10.7. The molecule has 1 aromatic carbocycles. The van der Waals surface area contributed by atoms with Crippen molar-refractivity contribution in [3.8, 4) is 0 Å². The Morgan fingerprint density at radius 3 is 3.12 bits per heavy atom. The van der Waals surface area contributed by atoms with Gasteiger partial charge >= 0.3 is 0 Å². The number of thioether (sulfide) groups is 1. The number of rotatable bonds is 1. The van der Waals surface area contributed by atoms with Crippen molar-refractivity contribution in [2.75, 3.05) is 17.6 Å². The molecule has 3 rings (SSSR count). The van der Waals surface area contributed by atoms with Crippen LogP contribution >= 0.6 is 11.8 Å². The van der Waals surface area contributed by atoms with Gasteiger partial charge in [-0.05, 0) is 18.4 Å². The largest absolute Gasteiger partial charge is 0.384 e. The fourth-order valence-electron chi connectivity index (χ4n) is 2.20. The maximum Gasteiger partial charge on any atom is 0.299 e. The molecule has 5 heteroatoms. The van der Waals surface area contributed by atoms with E-state index >= 15 is 0 Å². The molecular formula is C12H13N3OS. The van der Waals surface area contributed by atoms with Crippen LogP contribution in [-0.4, -0.2) is 23.2 Å². The van der Waals surface area contributed by atoms with E-state index in [2.05, 4.69) is 34.0 Å². The van der Waals surface area contributed by atoms with E-state index in [0.29, 0.717) is 5.75 Å². The summed E-state index contributed by atoms with van der Waals surface area (Å²) in [5.74, 6) is 0.643. The number of benzene rings is 1. The number of nitrogens with one attached hydrogen (secondary N) is 2. The van der Waals surface area contributed by atoms with Gasteiger partial charge in [0.15, 0.2) is 0 Å². The molecule has 1 aromatic rings. The molecule has 88 valence electrons. The molecule has 0 atom stereocenters. The van der Waals surface area contributed by atoms with E-state index in [1.54, 1.807) is 0 Å². The third kappa shape index (κ3) is 2.02. The lowest BCUT2D eigenvalue weighted by Crippen LogP contribution is -2.25. The minimum atomic E-state index is -0.0773. The lowest BCUT2D eigenvalue weighted by molar-refractivity contribution is 0.261. The molecule has 1 amide bonds. The zero-order valence-electron chi connectivity index (χ0n) is 9.32. The number of para-hydroxylation sites is 1. The van der Waals surface area contributed by atoms with Crippen LogP contribution in [0, 0.1) is 0 Å². The van der Waals surface area contributed by atoms with Crippen LogP contribution in [0.25, 0.3) is 0 Å². The van der Waals surface area contributed by atoms with Gasteiger partial charge in [0, 0.05) is 23.5 Å². The zero-order chi connectivity index (χ0) is 11.7. The van der Waals surface area contributed by atoms with E-state index < -0.39 is 0 Å². The van der Waals surface area contributed by atoms with E-state index in [4.69, 9.17) is 0 Å². The van der Waals surface area contributed by atoms with Crippen LogP contribution in [0.15, 0.2) is 23.3 Å². The van der Waals surface area contributed by atoms with Gasteiger partial charge in [-0.25, -0.2) is 5.43 Å². The summed E-state index contributed by atoms with van der Waals surface area (Å²) in [7, 11) is 0. The van der Waals surface area contributed by atoms with E-state index in [0.717, 1.165) is 24.2 Å². The number of amides is 1. The van der Waals surface area contributed by atoms with Crippen molar-refractivity contribution in [1.29, 1.82) is 0 Å². The Bertz CT molecular complexity index is 499. The predicted octanol–water partition coefficient (Wildman–Crippen LogP) is 2.21. The maximum atomic E-state index is 11.1. The number of aryl methyl sites for hydroxylation is 1. The van der Waals surface area contributed by atoms with E-state index in [1.165, 1.54) is 29.4 Å². The summed E-state index contributed by atoms with van der Waals surface area (Å²) >= 11 is 1.26. The predicted molar refractivity (Wildman–Crippen MR) is 70.8 cm³/mol. The first-order valence-corrected chi connectivity index (χ1v) is 6.68. The molecule has 0 fully saturated rings. The first-order chi connectivity index (χ1) is 8.34. The van der Waals surface area contributed by atoms with Crippen molar-refractivity contribution < 1.29 is 4.79 Å². The number of hydrogen-bond donors (Lipinski definition) is 2. The van der Waals surface area contributed by atoms with Crippen molar-refractivity contribution in [2.24, 2.45) is 5.10 Å². The van der Waals surface area contributed by atoms with E-state index in [9.17, 15) is 4.79 Å². The molecule has 2 aliphatic rings. The van der Waals surface area contributed by atoms with Crippen molar-refractivity contribution in [2.45, 2.75) is 12.8 Å². The minimum absolute atomic E-state index is 0.0773. The molecule has 2 heterocycles. The molecule has 0 bridgehead atoms. The van der Waals surface area contributed by atoms with Gasteiger partial charge in [0.05, 0.1) is 5.71 Å². The van der Waals surface area contributed by atoms with Crippen LogP contribution in [-0.2, 0) is 6.42 Å². The monoisotopic (exact) mass is 247 g/mol. The standard InChI is InChI=1S/C12H13N3OS/c16-12-15-14-10(7-17-12)9-5-1-3-8-4-2-6-13-11(8)9/h1,3,5,13H,2,4,6-7H2,(H,15,16). The highest BCUT2D eigenvalue weighted by Crippen LogP contribution is 2.28. The van der Waals surface area contributed by atoms with Crippen molar-refractivity contribution in [1.82, 2.24) is 5.43 Å². The van der Waals surface area contributed by atoms with Crippen LogP contribution in [0.2, 0.25) is 0 Å². The summed E-state index contributed by atoms with van der Waals surface area (Å²) in [5, 5.41) is 7.50. The number of hydrogen-bond acceptors (Lipinski definition) is 4. The summed E-state index contributed by atoms with van der Waals surface area (Å²) in [6.45, 7) is 1.01. The van der Waals surface area contributed by atoms with Gasteiger partial charge in [0.25, 0.3) is 5.24 Å². The summed E-state index contributed by atoms with van der Waals surface area (Å²) < 4.78 is 0. The first-order valence-electron chi connectivity index (χ1n) is 5.70. The van der Waals surface area contributed by atoms with Crippen LogP contribution in [0.1, 0.15) is 17.5 Å². The molecule has 0 radical (unpaired) electrons. The highest BCUT2D eigenvalue weighted by Gasteiger charge is 2.19. The van der Waals surface area contributed by atoms with Crippen LogP contribution in [0.3, 0.4) is 0 Å². The van der Waals surface area contributed by atoms with Gasteiger partial charge < -0.3 is 5.32 Å². The van der Waals surface area contributed by atoms with Gasteiger partial charge in [-0.1, -0.05) is 30.0 Å². The second-order valence-electron chi connectivity index (χ2n) is 4.12. The van der Waals surface area contributed by atoms with Crippen molar-refractivity contribution in [3.05, 3.63) is 29.3 Å². The van der Waals surface area contributed by atoms with Crippen LogP contribution in [0.4, 0.5) is 10.5 Å². The third-order valence-electron chi connectivity index (χ3n) is 3.01. The van der Waals surface area contributed by atoms with E-state index in [-0.39, 0.29) is 5.24 Å². The molecule has 4 nitrogen and oxygen atoms in total. The summed E-state index contributed by atoms with van der Waals surface area (Å²) in [4.78, 5) is 11.1. The van der Waals surface area contributed by atoms with E-state index in [1.807, 2.05) is 0 Å². The zero-order valence-corrected chi connectivity index (χ0v) is 10.1. The van der Waals surface area contributed by atoms with Crippen LogP contribution in [0.5, 0.6) is 0 Å². The second-order valence-corrected chi connectivity index (χ2v) is 5.06. The molecule has 0 aliphatic carbocycles. The van der Waals surface area contributed by atoms with Gasteiger partial charge in [-0.3, -0.25) is 4.79 Å². The number of carbonyl (C=O) groups is 1. The summed E-state index contributed by atoms with van der Waals surface area (Å²) in [6.07, 6.45) is 2.29.